The van der Waals surface area contributed by atoms with Crippen molar-refractivity contribution in [3.05, 3.63) is 34.3 Å². The van der Waals surface area contributed by atoms with Crippen molar-refractivity contribution in [3.63, 3.8) is 0 Å². The van der Waals surface area contributed by atoms with E-state index in [2.05, 4.69) is 66.0 Å². The third-order valence-electron chi connectivity index (χ3n) is 3.43. The standard InChI is InChI=1S/C14H23BrN2/c1-4-11(2)14(9-16)17(3)10-12-6-5-7-13(15)8-12/h5-8,11,14H,4,9-10,16H2,1-3H3. The molecule has 0 fully saturated rings. The second-order valence-electron chi connectivity index (χ2n) is 4.73. The van der Waals surface area contributed by atoms with Gasteiger partial charge in [-0.25, -0.2) is 0 Å². The molecule has 0 bridgehead atoms. The van der Waals surface area contributed by atoms with Crippen LogP contribution in [0, 0.1) is 5.92 Å². The molecule has 1 rings (SSSR count). The first kappa shape index (κ1) is 14.7. The topological polar surface area (TPSA) is 29.3 Å². The Morgan fingerprint density at radius 1 is 1.41 bits per heavy atom. The van der Waals surface area contributed by atoms with Crippen LogP contribution in [0.1, 0.15) is 25.8 Å². The van der Waals surface area contributed by atoms with E-state index in [1.807, 2.05) is 0 Å². The Hall–Kier alpha value is -0.380. The van der Waals surface area contributed by atoms with Gasteiger partial charge >= 0.3 is 0 Å². The number of benzene rings is 1. The zero-order valence-corrected chi connectivity index (χ0v) is 12.6. The summed E-state index contributed by atoms with van der Waals surface area (Å²) in [5.74, 6) is 0.636. The van der Waals surface area contributed by atoms with Crippen LogP contribution >= 0.6 is 15.9 Å². The van der Waals surface area contributed by atoms with E-state index in [0.717, 1.165) is 17.6 Å². The van der Waals surface area contributed by atoms with Crippen molar-refractivity contribution in [2.24, 2.45) is 11.7 Å². The molecule has 96 valence electrons. The Kier molecular flexibility index (Phi) is 6.17. The van der Waals surface area contributed by atoms with Gasteiger partial charge < -0.3 is 5.73 Å². The second kappa shape index (κ2) is 7.14. The summed E-state index contributed by atoms with van der Waals surface area (Å²) in [6.07, 6.45) is 1.17. The molecule has 2 nitrogen and oxygen atoms in total. The number of hydrogen-bond donors (Lipinski definition) is 1. The average molecular weight is 299 g/mol. The fraction of sp³-hybridized carbons (Fsp3) is 0.571. The molecule has 0 aliphatic carbocycles. The minimum absolute atomic E-state index is 0.457. The Morgan fingerprint density at radius 3 is 2.65 bits per heavy atom. The quantitative estimate of drug-likeness (QED) is 0.873. The minimum atomic E-state index is 0.457. The summed E-state index contributed by atoms with van der Waals surface area (Å²) in [5, 5.41) is 0. The van der Waals surface area contributed by atoms with Crippen LogP contribution in [0.25, 0.3) is 0 Å². The predicted octanol–water partition coefficient (Wildman–Crippen LogP) is 3.25. The minimum Gasteiger partial charge on any atom is -0.329 e. The Morgan fingerprint density at radius 2 is 2.12 bits per heavy atom. The van der Waals surface area contributed by atoms with Gasteiger partial charge in [-0.2, -0.15) is 0 Å². The van der Waals surface area contributed by atoms with E-state index < -0.39 is 0 Å². The molecule has 0 radical (unpaired) electrons. The van der Waals surface area contributed by atoms with Crippen molar-refractivity contribution >= 4 is 15.9 Å². The van der Waals surface area contributed by atoms with Gasteiger partial charge in [-0.15, -0.1) is 0 Å². The summed E-state index contributed by atoms with van der Waals surface area (Å²) in [6.45, 7) is 6.17. The van der Waals surface area contributed by atoms with Gasteiger partial charge in [0.15, 0.2) is 0 Å². The van der Waals surface area contributed by atoms with E-state index in [9.17, 15) is 0 Å². The van der Waals surface area contributed by atoms with Gasteiger partial charge in [-0.3, -0.25) is 4.90 Å². The Labute approximate surface area is 113 Å². The highest BCUT2D eigenvalue weighted by atomic mass is 79.9. The summed E-state index contributed by atoms with van der Waals surface area (Å²) in [6, 6.07) is 8.91. The maximum absolute atomic E-state index is 5.88. The number of likely N-dealkylation sites (N-methyl/N-ethyl adjacent to an activating group) is 1. The molecule has 0 amide bonds. The number of rotatable bonds is 6. The first-order valence-corrected chi connectivity index (χ1v) is 7.02. The number of halogens is 1. The molecule has 3 heteroatoms. The van der Waals surface area contributed by atoms with Gasteiger partial charge in [0.05, 0.1) is 0 Å². The summed E-state index contributed by atoms with van der Waals surface area (Å²) < 4.78 is 1.14. The van der Waals surface area contributed by atoms with Crippen LogP contribution < -0.4 is 5.73 Å². The number of nitrogens with zero attached hydrogens (tertiary/aromatic N) is 1. The average Bonchev–Trinajstić information content (AvgIpc) is 2.29. The first-order chi connectivity index (χ1) is 8.08. The van der Waals surface area contributed by atoms with Crippen LogP contribution in [0.2, 0.25) is 0 Å². The zero-order chi connectivity index (χ0) is 12.8. The lowest BCUT2D eigenvalue weighted by atomic mass is 9.97. The van der Waals surface area contributed by atoms with Crippen LogP contribution in [0.15, 0.2) is 28.7 Å². The third kappa shape index (κ3) is 4.41. The summed E-state index contributed by atoms with van der Waals surface area (Å²) in [7, 11) is 2.16. The molecule has 2 unspecified atom stereocenters. The molecule has 0 saturated heterocycles. The van der Waals surface area contributed by atoms with E-state index in [1.54, 1.807) is 0 Å². The molecule has 2 N–H and O–H groups in total. The molecule has 1 aromatic rings. The van der Waals surface area contributed by atoms with Gasteiger partial charge in [0.2, 0.25) is 0 Å². The maximum atomic E-state index is 5.88. The number of hydrogen-bond acceptors (Lipinski definition) is 2. The van der Waals surface area contributed by atoms with Crippen LogP contribution in [0.5, 0.6) is 0 Å². The largest absolute Gasteiger partial charge is 0.329 e. The lowest BCUT2D eigenvalue weighted by molar-refractivity contribution is 0.178. The molecule has 1 aromatic carbocycles. The molecule has 0 aromatic heterocycles. The lowest BCUT2D eigenvalue weighted by Crippen LogP contribution is -2.42. The smallest absolute Gasteiger partial charge is 0.0244 e. The molecule has 0 heterocycles. The van der Waals surface area contributed by atoms with E-state index in [0.29, 0.717) is 12.0 Å². The van der Waals surface area contributed by atoms with Crippen LogP contribution in [0.4, 0.5) is 0 Å². The fourth-order valence-corrected chi connectivity index (χ4v) is 2.61. The first-order valence-electron chi connectivity index (χ1n) is 6.23. The SMILES string of the molecule is CCC(C)C(CN)N(C)Cc1cccc(Br)c1. The molecular weight excluding hydrogens is 276 g/mol. The molecule has 17 heavy (non-hydrogen) atoms. The van der Waals surface area contributed by atoms with Gasteiger partial charge in [0, 0.05) is 23.6 Å². The molecule has 0 saturated carbocycles. The summed E-state index contributed by atoms with van der Waals surface area (Å²) in [5.41, 5.74) is 7.21. The van der Waals surface area contributed by atoms with E-state index in [4.69, 9.17) is 5.73 Å². The Bertz CT molecular complexity index is 341. The van der Waals surface area contributed by atoms with Gasteiger partial charge in [-0.1, -0.05) is 48.3 Å². The van der Waals surface area contributed by atoms with Gasteiger partial charge in [0.25, 0.3) is 0 Å². The molecule has 0 aliphatic heterocycles. The maximum Gasteiger partial charge on any atom is 0.0244 e. The van der Waals surface area contributed by atoms with Crippen molar-refractivity contribution in [3.8, 4) is 0 Å². The Balaban J connectivity index is 2.66. The highest BCUT2D eigenvalue weighted by Crippen LogP contribution is 2.17. The highest BCUT2D eigenvalue weighted by Gasteiger charge is 2.18. The molecule has 2 atom stereocenters. The van der Waals surface area contributed by atoms with Crippen molar-refractivity contribution < 1.29 is 0 Å². The monoisotopic (exact) mass is 298 g/mol. The molecule has 0 spiro atoms. The second-order valence-corrected chi connectivity index (χ2v) is 5.65. The third-order valence-corrected chi connectivity index (χ3v) is 3.92. The van der Waals surface area contributed by atoms with E-state index in [-0.39, 0.29) is 0 Å². The zero-order valence-electron chi connectivity index (χ0n) is 11.0. The van der Waals surface area contributed by atoms with E-state index >= 15 is 0 Å². The fourth-order valence-electron chi connectivity index (χ4n) is 2.16. The normalized spacial score (nSPS) is 14.9. The predicted molar refractivity (Wildman–Crippen MR) is 77.9 cm³/mol. The summed E-state index contributed by atoms with van der Waals surface area (Å²) in [4.78, 5) is 2.36. The van der Waals surface area contributed by atoms with Crippen LogP contribution in [0.3, 0.4) is 0 Å². The molecule has 0 aliphatic rings. The van der Waals surface area contributed by atoms with E-state index in [1.165, 1.54) is 12.0 Å². The highest BCUT2D eigenvalue weighted by molar-refractivity contribution is 9.10. The van der Waals surface area contributed by atoms with Gasteiger partial charge in [-0.05, 0) is 30.7 Å². The van der Waals surface area contributed by atoms with Gasteiger partial charge in [0.1, 0.15) is 0 Å². The van der Waals surface area contributed by atoms with Crippen molar-refractivity contribution in [1.29, 1.82) is 0 Å². The summed E-state index contributed by atoms with van der Waals surface area (Å²) >= 11 is 3.51. The van der Waals surface area contributed by atoms with Crippen molar-refractivity contribution in [2.45, 2.75) is 32.9 Å². The van der Waals surface area contributed by atoms with Crippen molar-refractivity contribution in [2.75, 3.05) is 13.6 Å². The number of nitrogens with two attached hydrogens (primary N) is 1. The van der Waals surface area contributed by atoms with Crippen molar-refractivity contribution in [1.82, 2.24) is 4.90 Å². The molecular formula is C14H23BrN2. The van der Waals surface area contributed by atoms with Crippen LogP contribution in [-0.2, 0) is 6.54 Å². The lowest BCUT2D eigenvalue weighted by Gasteiger charge is -2.31. The van der Waals surface area contributed by atoms with Crippen LogP contribution in [-0.4, -0.2) is 24.5 Å².